The molecule has 15 heavy (non-hydrogen) atoms. The first-order valence-electron chi connectivity index (χ1n) is 4.81. The van der Waals surface area contributed by atoms with Crippen LogP contribution in [0.1, 0.15) is 12.5 Å². The van der Waals surface area contributed by atoms with Crippen LogP contribution in [0.2, 0.25) is 0 Å². The van der Waals surface area contributed by atoms with Gasteiger partial charge in [0.15, 0.2) is 0 Å². The fraction of sp³-hybridized carbons (Fsp3) is 0.182. The molecule has 0 atom stereocenters. The molecule has 0 aliphatic rings. The van der Waals surface area contributed by atoms with E-state index in [-0.39, 0.29) is 0 Å². The van der Waals surface area contributed by atoms with Gasteiger partial charge in [0.1, 0.15) is 5.82 Å². The van der Waals surface area contributed by atoms with Crippen LogP contribution >= 0.6 is 15.9 Å². The molecule has 0 unspecified atom stereocenters. The van der Waals surface area contributed by atoms with E-state index in [9.17, 15) is 0 Å². The van der Waals surface area contributed by atoms with Crippen molar-refractivity contribution in [1.29, 1.82) is 0 Å². The van der Waals surface area contributed by atoms with Gasteiger partial charge in [-0.3, -0.25) is 0 Å². The number of hydrogen-bond donors (Lipinski definition) is 2. The van der Waals surface area contributed by atoms with Crippen LogP contribution in [0.4, 0.5) is 5.82 Å². The number of anilines is 1. The van der Waals surface area contributed by atoms with E-state index in [0.29, 0.717) is 0 Å². The lowest BCUT2D eigenvalue weighted by molar-refractivity contribution is 1.10. The zero-order chi connectivity index (χ0) is 10.8. The summed E-state index contributed by atoms with van der Waals surface area (Å²) in [6, 6.07) is 8.14. The van der Waals surface area contributed by atoms with Crippen molar-refractivity contribution in [1.82, 2.24) is 4.98 Å². The fourth-order valence-electron chi connectivity index (χ4n) is 1.60. The highest BCUT2D eigenvalue weighted by Crippen LogP contribution is 2.26. The van der Waals surface area contributed by atoms with Gasteiger partial charge in [-0.2, -0.15) is 0 Å². The average molecular weight is 266 g/mol. The third-order valence-electron chi connectivity index (χ3n) is 2.39. The number of nitrogen functional groups attached to an aromatic ring is 1. The van der Waals surface area contributed by atoms with Crippen molar-refractivity contribution in [3.8, 4) is 0 Å². The largest absolute Gasteiger partial charge is 0.308 e. The van der Waals surface area contributed by atoms with E-state index in [1.54, 1.807) is 0 Å². The van der Waals surface area contributed by atoms with Gasteiger partial charge in [-0.25, -0.2) is 10.8 Å². The number of pyridine rings is 1. The van der Waals surface area contributed by atoms with Crippen molar-refractivity contribution >= 4 is 32.7 Å². The Bertz CT molecular complexity index is 496. The summed E-state index contributed by atoms with van der Waals surface area (Å²) in [5.74, 6) is 6.19. The Hall–Kier alpha value is -1.13. The number of benzene rings is 1. The Labute approximate surface area is 96.8 Å². The normalized spacial score (nSPS) is 10.6. The standard InChI is InChI=1S/C11H12BrN3/c1-2-7-6-8-4-3-5-9(12)10(8)14-11(7)15-13/h3-6H,2,13H2,1H3,(H,14,15). The van der Waals surface area contributed by atoms with E-state index in [1.165, 1.54) is 0 Å². The Balaban J connectivity index is 2.75. The minimum Gasteiger partial charge on any atom is -0.308 e. The summed E-state index contributed by atoms with van der Waals surface area (Å²) in [6.45, 7) is 2.08. The third kappa shape index (κ3) is 1.82. The molecule has 0 aliphatic carbocycles. The molecule has 3 N–H and O–H groups in total. The van der Waals surface area contributed by atoms with Crippen molar-refractivity contribution in [3.63, 3.8) is 0 Å². The van der Waals surface area contributed by atoms with Crippen molar-refractivity contribution in [2.45, 2.75) is 13.3 Å². The van der Waals surface area contributed by atoms with E-state index in [1.807, 2.05) is 18.2 Å². The first-order chi connectivity index (χ1) is 7.26. The number of nitrogens with one attached hydrogen (secondary N) is 1. The summed E-state index contributed by atoms with van der Waals surface area (Å²) in [5.41, 5.74) is 4.69. The second-order valence-electron chi connectivity index (χ2n) is 3.31. The summed E-state index contributed by atoms with van der Waals surface area (Å²) in [4.78, 5) is 4.48. The van der Waals surface area contributed by atoms with Crippen molar-refractivity contribution in [2.75, 3.05) is 5.43 Å². The third-order valence-corrected chi connectivity index (χ3v) is 3.03. The van der Waals surface area contributed by atoms with Crippen molar-refractivity contribution in [3.05, 3.63) is 34.3 Å². The zero-order valence-corrected chi connectivity index (χ0v) is 10.0. The fourth-order valence-corrected chi connectivity index (χ4v) is 2.07. The Morgan fingerprint density at radius 2 is 2.27 bits per heavy atom. The Kier molecular flexibility index (Phi) is 2.88. The van der Waals surface area contributed by atoms with Crippen molar-refractivity contribution in [2.24, 2.45) is 5.84 Å². The number of fused-ring (bicyclic) bond motifs is 1. The quantitative estimate of drug-likeness (QED) is 0.649. The molecule has 4 heteroatoms. The molecule has 0 amide bonds. The summed E-state index contributed by atoms with van der Waals surface area (Å²) in [5, 5.41) is 1.13. The maximum absolute atomic E-state index is 5.44. The van der Waals surface area contributed by atoms with Gasteiger partial charge in [0.05, 0.1) is 5.52 Å². The van der Waals surface area contributed by atoms with Crippen LogP contribution in [0.15, 0.2) is 28.7 Å². The van der Waals surface area contributed by atoms with Gasteiger partial charge in [0.2, 0.25) is 0 Å². The van der Waals surface area contributed by atoms with Gasteiger partial charge in [-0.05, 0) is 40.0 Å². The molecule has 0 radical (unpaired) electrons. The molecule has 0 fully saturated rings. The molecule has 0 saturated carbocycles. The number of nitrogens with zero attached hydrogens (tertiary/aromatic N) is 1. The minimum atomic E-state index is 0.747. The number of aryl methyl sites for hydroxylation is 1. The van der Waals surface area contributed by atoms with Crippen LogP contribution < -0.4 is 11.3 Å². The van der Waals surface area contributed by atoms with Crippen LogP contribution in [-0.2, 0) is 6.42 Å². The second-order valence-corrected chi connectivity index (χ2v) is 4.16. The molecular formula is C11H12BrN3. The minimum absolute atomic E-state index is 0.747. The number of para-hydroxylation sites is 1. The predicted octanol–water partition coefficient (Wildman–Crippen LogP) is 2.85. The average Bonchev–Trinajstić information content (AvgIpc) is 2.28. The second kappa shape index (κ2) is 4.16. The first kappa shape index (κ1) is 10.4. The van der Waals surface area contributed by atoms with Crippen LogP contribution in [-0.4, -0.2) is 4.98 Å². The molecule has 0 aliphatic heterocycles. The SMILES string of the molecule is CCc1cc2cccc(Br)c2nc1NN. The van der Waals surface area contributed by atoms with Gasteiger partial charge in [0, 0.05) is 9.86 Å². The number of aromatic nitrogens is 1. The van der Waals surface area contributed by atoms with Crippen LogP contribution in [0.25, 0.3) is 10.9 Å². The zero-order valence-electron chi connectivity index (χ0n) is 8.42. The highest BCUT2D eigenvalue weighted by atomic mass is 79.9. The van der Waals surface area contributed by atoms with E-state index in [4.69, 9.17) is 5.84 Å². The van der Waals surface area contributed by atoms with Gasteiger partial charge in [-0.1, -0.05) is 19.1 Å². The molecule has 78 valence electrons. The molecule has 1 heterocycles. The van der Waals surface area contributed by atoms with Gasteiger partial charge in [-0.15, -0.1) is 0 Å². The molecule has 0 saturated heterocycles. The number of hydrogen-bond acceptors (Lipinski definition) is 3. The van der Waals surface area contributed by atoms with Gasteiger partial charge in [0.25, 0.3) is 0 Å². The predicted molar refractivity (Wildman–Crippen MR) is 66.6 cm³/mol. The molecular weight excluding hydrogens is 254 g/mol. The summed E-state index contributed by atoms with van der Waals surface area (Å²) < 4.78 is 0.985. The lowest BCUT2D eigenvalue weighted by Gasteiger charge is -2.08. The number of hydrazine groups is 1. The molecule has 0 spiro atoms. The Morgan fingerprint density at radius 1 is 1.47 bits per heavy atom. The van der Waals surface area contributed by atoms with E-state index in [0.717, 1.165) is 33.2 Å². The summed E-state index contributed by atoms with van der Waals surface area (Å²) >= 11 is 3.48. The molecule has 0 bridgehead atoms. The molecule has 1 aromatic carbocycles. The van der Waals surface area contributed by atoms with E-state index >= 15 is 0 Å². The van der Waals surface area contributed by atoms with Crippen LogP contribution in [0.3, 0.4) is 0 Å². The van der Waals surface area contributed by atoms with E-state index < -0.39 is 0 Å². The number of nitrogens with two attached hydrogens (primary N) is 1. The van der Waals surface area contributed by atoms with Gasteiger partial charge < -0.3 is 5.43 Å². The lowest BCUT2D eigenvalue weighted by Crippen LogP contribution is -2.11. The van der Waals surface area contributed by atoms with E-state index in [2.05, 4.69) is 39.3 Å². The number of rotatable bonds is 2. The molecule has 1 aromatic heterocycles. The monoisotopic (exact) mass is 265 g/mol. The van der Waals surface area contributed by atoms with Crippen LogP contribution in [0, 0.1) is 0 Å². The highest BCUT2D eigenvalue weighted by molar-refractivity contribution is 9.10. The van der Waals surface area contributed by atoms with Gasteiger partial charge >= 0.3 is 0 Å². The lowest BCUT2D eigenvalue weighted by atomic mass is 10.1. The maximum Gasteiger partial charge on any atom is 0.143 e. The molecule has 2 rings (SSSR count). The number of halogens is 1. The Morgan fingerprint density at radius 3 is 2.93 bits per heavy atom. The summed E-state index contributed by atoms with van der Waals surface area (Å²) in [6.07, 6.45) is 0.912. The molecule has 3 nitrogen and oxygen atoms in total. The van der Waals surface area contributed by atoms with Crippen LogP contribution in [0.5, 0.6) is 0 Å². The maximum atomic E-state index is 5.44. The molecule has 2 aromatic rings. The highest BCUT2D eigenvalue weighted by Gasteiger charge is 2.06. The van der Waals surface area contributed by atoms with Crippen molar-refractivity contribution < 1.29 is 0 Å². The first-order valence-corrected chi connectivity index (χ1v) is 5.60. The smallest absolute Gasteiger partial charge is 0.143 e. The summed E-state index contributed by atoms with van der Waals surface area (Å²) in [7, 11) is 0. The topological polar surface area (TPSA) is 50.9 Å².